The monoisotopic (exact) mass is 452 g/mol. The molecule has 0 bridgehead atoms. The van der Waals surface area contributed by atoms with Crippen LogP contribution in [-0.4, -0.2) is 44.3 Å². The van der Waals surface area contributed by atoms with Crippen molar-refractivity contribution >= 4 is 31.7 Å². The maximum Gasteiger partial charge on any atom is 0.335 e. The molecule has 8 nitrogen and oxygen atoms in total. The van der Waals surface area contributed by atoms with Crippen LogP contribution in [0.1, 0.15) is 43.5 Å². The first-order chi connectivity index (χ1) is 14.0. The zero-order chi connectivity index (χ0) is 22.1. The largest absolute Gasteiger partial charge is 0.478 e. The number of hydrogen-bond acceptors (Lipinski definition) is 5. The number of piperidine rings is 1. The number of anilines is 1. The molecule has 2 atom stereocenters. The van der Waals surface area contributed by atoms with Gasteiger partial charge in [0.25, 0.3) is 10.0 Å². The topological polar surface area (TPSA) is 121 Å². The zero-order valence-electron chi connectivity index (χ0n) is 16.6. The molecule has 0 aromatic heterocycles. The van der Waals surface area contributed by atoms with Crippen LogP contribution in [0.4, 0.5) is 5.69 Å². The number of benzene rings is 2. The summed E-state index contributed by atoms with van der Waals surface area (Å²) in [6.45, 7) is 3.78. The standard InChI is InChI=1S/C20H24N2O6S2/c1-14-5-3-6-15(2)22(14)30(27,28)18-11-9-17(10-12-18)21-29(25,26)19-8-4-7-16(13-19)20(23)24/h4,7-15,21H,3,5-6H2,1-2H3,(H,23,24)/t14-,15+. The van der Waals surface area contributed by atoms with Crippen molar-refractivity contribution in [1.82, 2.24) is 4.31 Å². The summed E-state index contributed by atoms with van der Waals surface area (Å²) in [5, 5.41) is 9.04. The van der Waals surface area contributed by atoms with E-state index < -0.39 is 26.0 Å². The molecule has 162 valence electrons. The summed E-state index contributed by atoms with van der Waals surface area (Å²) in [4.78, 5) is 11.0. The molecule has 0 saturated carbocycles. The van der Waals surface area contributed by atoms with E-state index in [4.69, 9.17) is 5.11 Å². The van der Waals surface area contributed by atoms with E-state index in [1.807, 2.05) is 13.8 Å². The SMILES string of the molecule is C[C@@H]1CCC[C@H](C)N1S(=O)(=O)c1ccc(NS(=O)(=O)c2cccc(C(=O)O)c2)cc1. The van der Waals surface area contributed by atoms with Gasteiger partial charge >= 0.3 is 5.97 Å². The molecule has 0 unspecified atom stereocenters. The van der Waals surface area contributed by atoms with Crippen molar-refractivity contribution < 1.29 is 26.7 Å². The van der Waals surface area contributed by atoms with E-state index in [0.29, 0.717) is 0 Å². The van der Waals surface area contributed by atoms with Crippen molar-refractivity contribution in [1.29, 1.82) is 0 Å². The van der Waals surface area contributed by atoms with Crippen molar-refractivity contribution in [2.75, 3.05) is 4.72 Å². The van der Waals surface area contributed by atoms with Crippen LogP contribution in [0.5, 0.6) is 0 Å². The first-order valence-corrected chi connectivity index (χ1v) is 12.4. The minimum absolute atomic E-state index is 0.0962. The highest BCUT2D eigenvalue weighted by Gasteiger charge is 2.35. The highest BCUT2D eigenvalue weighted by Crippen LogP contribution is 2.30. The minimum Gasteiger partial charge on any atom is -0.478 e. The molecule has 0 aliphatic carbocycles. The molecule has 30 heavy (non-hydrogen) atoms. The third-order valence-electron chi connectivity index (χ3n) is 5.19. The molecule has 1 heterocycles. The van der Waals surface area contributed by atoms with Crippen LogP contribution >= 0.6 is 0 Å². The molecule has 0 radical (unpaired) electrons. The fourth-order valence-electron chi connectivity index (χ4n) is 3.70. The van der Waals surface area contributed by atoms with Crippen LogP contribution in [-0.2, 0) is 20.0 Å². The van der Waals surface area contributed by atoms with Gasteiger partial charge in [0.05, 0.1) is 15.4 Å². The van der Waals surface area contributed by atoms with Crippen LogP contribution in [0.3, 0.4) is 0 Å². The molecule has 1 saturated heterocycles. The number of nitrogens with one attached hydrogen (secondary N) is 1. The highest BCUT2D eigenvalue weighted by molar-refractivity contribution is 7.92. The number of carboxylic acid groups (broad SMARTS) is 1. The van der Waals surface area contributed by atoms with Crippen LogP contribution in [0.25, 0.3) is 0 Å². The number of aromatic carboxylic acids is 1. The van der Waals surface area contributed by atoms with Gasteiger partial charge in [-0.25, -0.2) is 21.6 Å². The van der Waals surface area contributed by atoms with Gasteiger partial charge in [-0.15, -0.1) is 0 Å². The van der Waals surface area contributed by atoms with Gasteiger partial charge in [0, 0.05) is 17.8 Å². The summed E-state index contributed by atoms with van der Waals surface area (Å²) >= 11 is 0. The molecule has 2 aromatic rings. The lowest BCUT2D eigenvalue weighted by Gasteiger charge is -2.37. The molecule has 1 aliphatic rings. The number of carboxylic acids is 1. The minimum atomic E-state index is -4.03. The Labute approximate surface area is 176 Å². The first kappa shape index (κ1) is 22.3. The zero-order valence-corrected chi connectivity index (χ0v) is 18.3. The van der Waals surface area contributed by atoms with Gasteiger partial charge in [-0.1, -0.05) is 12.5 Å². The predicted octanol–water partition coefficient (Wildman–Crippen LogP) is 3.14. The summed E-state index contributed by atoms with van der Waals surface area (Å²) < 4.78 is 55.1. The van der Waals surface area contributed by atoms with Gasteiger partial charge in [-0.3, -0.25) is 4.72 Å². The highest BCUT2D eigenvalue weighted by atomic mass is 32.2. The van der Waals surface area contributed by atoms with Crippen molar-refractivity contribution in [3.63, 3.8) is 0 Å². The van der Waals surface area contributed by atoms with Crippen LogP contribution in [0, 0.1) is 0 Å². The fourth-order valence-corrected chi connectivity index (χ4v) is 6.68. The average molecular weight is 453 g/mol. The molecular formula is C20H24N2O6S2. The van der Waals surface area contributed by atoms with E-state index in [0.717, 1.165) is 25.3 Å². The molecule has 3 rings (SSSR count). The Morgan fingerprint density at radius 1 is 0.967 bits per heavy atom. The Balaban J connectivity index is 1.83. The maximum absolute atomic E-state index is 13.1. The molecule has 2 aromatic carbocycles. The van der Waals surface area contributed by atoms with Crippen molar-refractivity contribution in [2.24, 2.45) is 0 Å². The lowest BCUT2D eigenvalue weighted by Crippen LogP contribution is -2.47. The smallest absolute Gasteiger partial charge is 0.335 e. The number of hydrogen-bond donors (Lipinski definition) is 2. The number of nitrogens with zero attached hydrogens (tertiary/aromatic N) is 1. The van der Waals surface area contributed by atoms with Gasteiger partial charge in [0.2, 0.25) is 10.0 Å². The molecule has 2 N–H and O–H groups in total. The third kappa shape index (κ3) is 4.50. The number of carbonyl (C=O) groups is 1. The Bertz CT molecular complexity index is 1130. The number of sulfonamides is 2. The van der Waals surface area contributed by atoms with Gasteiger partial charge in [-0.2, -0.15) is 4.31 Å². The summed E-state index contributed by atoms with van der Waals surface area (Å²) in [6.07, 6.45) is 2.59. The average Bonchev–Trinajstić information content (AvgIpc) is 2.68. The third-order valence-corrected chi connectivity index (χ3v) is 8.71. The second-order valence-electron chi connectivity index (χ2n) is 7.43. The van der Waals surface area contributed by atoms with Crippen molar-refractivity contribution in [3.05, 3.63) is 54.1 Å². The van der Waals surface area contributed by atoms with E-state index in [1.165, 1.54) is 46.8 Å². The van der Waals surface area contributed by atoms with E-state index in [2.05, 4.69) is 4.72 Å². The second kappa shape index (κ2) is 8.37. The molecule has 10 heteroatoms. The molecule has 1 fully saturated rings. The lowest BCUT2D eigenvalue weighted by molar-refractivity contribution is 0.0696. The lowest BCUT2D eigenvalue weighted by atomic mass is 10.0. The predicted molar refractivity (Wildman–Crippen MR) is 112 cm³/mol. The van der Waals surface area contributed by atoms with Crippen molar-refractivity contribution in [3.8, 4) is 0 Å². The van der Waals surface area contributed by atoms with E-state index >= 15 is 0 Å². The van der Waals surface area contributed by atoms with Gasteiger partial charge in [0.15, 0.2) is 0 Å². The van der Waals surface area contributed by atoms with Gasteiger partial charge in [-0.05, 0) is 69.2 Å². The van der Waals surface area contributed by atoms with Gasteiger partial charge < -0.3 is 5.11 Å². The normalized spacial score (nSPS) is 20.6. The molecular weight excluding hydrogens is 428 g/mol. The van der Waals surface area contributed by atoms with E-state index in [1.54, 1.807) is 0 Å². The first-order valence-electron chi connectivity index (χ1n) is 9.52. The Kier molecular flexibility index (Phi) is 6.21. The summed E-state index contributed by atoms with van der Waals surface area (Å²) in [7, 11) is -7.73. The van der Waals surface area contributed by atoms with E-state index in [9.17, 15) is 21.6 Å². The van der Waals surface area contributed by atoms with Crippen LogP contribution in [0.15, 0.2) is 58.3 Å². The van der Waals surface area contributed by atoms with Crippen LogP contribution < -0.4 is 4.72 Å². The molecule has 1 aliphatic heterocycles. The maximum atomic E-state index is 13.1. The fraction of sp³-hybridized carbons (Fsp3) is 0.350. The Morgan fingerprint density at radius 3 is 2.13 bits per heavy atom. The molecule has 0 spiro atoms. The van der Waals surface area contributed by atoms with Crippen LogP contribution in [0.2, 0.25) is 0 Å². The van der Waals surface area contributed by atoms with E-state index in [-0.39, 0.29) is 33.1 Å². The van der Waals surface area contributed by atoms with Gasteiger partial charge in [0.1, 0.15) is 0 Å². The Morgan fingerprint density at radius 2 is 1.57 bits per heavy atom. The Hall–Kier alpha value is -2.43. The quantitative estimate of drug-likeness (QED) is 0.695. The van der Waals surface area contributed by atoms with Crippen molar-refractivity contribution in [2.45, 2.75) is 55.0 Å². The number of rotatable bonds is 6. The summed E-state index contributed by atoms with van der Waals surface area (Å²) in [5.74, 6) is -1.23. The summed E-state index contributed by atoms with van der Waals surface area (Å²) in [5.41, 5.74) is 0.0264. The second-order valence-corrected chi connectivity index (χ2v) is 11.0. The summed E-state index contributed by atoms with van der Waals surface area (Å²) in [6, 6.07) is 10.3. The molecule has 0 amide bonds.